The maximum absolute atomic E-state index is 3.53. The van der Waals surface area contributed by atoms with E-state index in [1.807, 2.05) is 0 Å². The fraction of sp³-hybridized carbons (Fsp3) is 0.300. The average Bonchev–Trinajstić information content (AvgIpc) is 3.13. The first-order valence-electron chi connectivity index (χ1n) is 8.35. The van der Waals surface area contributed by atoms with Crippen LogP contribution in [0.5, 0.6) is 0 Å². The van der Waals surface area contributed by atoms with Crippen LogP contribution in [0, 0.1) is 0 Å². The molecule has 0 fully saturated rings. The number of aromatic nitrogens is 2. The zero-order chi connectivity index (χ0) is 15.1. The van der Waals surface area contributed by atoms with Crippen molar-refractivity contribution in [3.63, 3.8) is 0 Å². The van der Waals surface area contributed by atoms with Crippen LogP contribution in [0.3, 0.4) is 0 Å². The minimum atomic E-state index is 1.12. The van der Waals surface area contributed by atoms with Crippen molar-refractivity contribution in [3.05, 3.63) is 47.8 Å². The minimum Gasteiger partial charge on any atom is -0.359 e. The van der Waals surface area contributed by atoms with E-state index in [2.05, 4.69) is 60.5 Å². The predicted molar refractivity (Wildman–Crippen MR) is 95.7 cm³/mol. The number of rotatable bonds is 4. The number of aromatic amines is 2. The zero-order valence-corrected chi connectivity index (χ0v) is 13.3. The highest BCUT2D eigenvalue weighted by Crippen LogP contribution is 2.38. The lowest BCUT2D eigenvalue weighted by atomic mass is 9.96. The summed E-state index contributed by atoms with van der Waals surface area (Å²) < 4.78 is 0. The van der Waals surface area contributed by atoms with Gasteiger partial charge in [-0.3, -0.25) is 0 Å². The maximum Gasteiger partial charge on any atom is 0.0708 e. The fourth-order valence-corrected chi connectivity index (χ4v) is 3.79. The van der Waals surface area contributed by atoms with Crippen molar-refractivity contribution in [2.75, 3.05) is 0 Å². The Morgan fingerprint density at radius 3 is 1.59 bits per heavy atom. The van der Waals surface area contributed by atoms with Gasteiger partial charge in [-0.2, -0.15) is 0 Å². The summed E-state index contributed by atoms with van der Waals surface area (Å²) in [5.74, 6) is 0. The van der Waals surface area contributed by atoms with Gasteiger partial charge in [0.05, 0.1) is 11.0 Å². The van der Waals surface area contributed by atoms with E-state index in [4.69, 9.17) is 0 Å². The van der Waals surface area contributed by atoms with E-state index in [1.54, 1.807) is 0 Å². The van der Waals surface area contributed by atoms with Crippen molar-refractivity contribution < 1.29 is 0 Å². The molecule has 112 valence electrons. The summed E-state index contributed by atoms with van der Waals surface area (Å²) in [6.07, 6.45) is 8.98. The first-order chi connectivity index (χ1) is 10.8. The normalized spacial score (nSPS) is 11.9. The lowest BCUT2D eigenvalue weighted by Crippen LogP contribution is -1.86. The second-order valence-electron chi connectivity index (χ2n) is 6.17. The summed E-state index contributed by atoms with van der Waals surface area (Å²) >= 11 is 0. The summed E-state index contributed by atoms with van der Waals surface area (Å²) in [4.78, 5) is 7.06. The third kappa shape index (κ3) is 1.80. The summed E-state index contributed by atoms with van der Waals surface area (Å²) in [6.45, 7) is 4.49. The molecule has 0 unspecified atom stereocenters. The summed E-state index contributed by atoms with van der Waals surface area (Å²) in [5.41, 5.74) is 5.39. The van der Waals surface area contributed by atoms with E-state index in [0.29, 0.717) is 0 Å². The molecule has 0 saturated heterocycles. The van der Waals surface area contributed by atoms with Gasteiger partial charge in [-0.05, 0) is 34.7 Å². The van der Waals surface area contributed by atoms with Crippen molar-refractivity contribution in [1.29, 1.82) is 0 Å². The molecule has 2 aromatic carbocycles. The smallest absolute Gasteiger partial charge is 0.0708 e. The quantitative estimate of drug-likeness (QED) is 0.482. The second kappa shape index (κ2) is 5.20. The summed E-state index contributed by atoms with van der Waals surface area (Å²) in [5, 5.41) is 5.56. The van der Waals surface area contributed by atoms with Gasteiger partial charge in [-0.1, -0.05) is 51.0 Å². The van der Waals surface area contributed by atoms with Crippen molar-refractivity contribution in [2.24, 2.45) is 0 Å². The topological polar surface area (TPSA) is 31.6 Å². The van der Waals surface area contributed by atoms with E-state index in [-0.39, 0.29) is 0 Å². The number of hydrogen-bond donors (Lipinski definition) is 2. The molecule has 4 rings (SSSR count). The summed E-state index contributed by atoms with van der Waals surface area (Å²) in [6, 6.07) is 8.85. The second-order valence-corrected chi connectivity index (χ2v) is 6.17. The van der Waals surface area contributed by atoms with Gasteiger partial charge in [-0.25, -0.2) is 0 Å². The highest BCUT2D eigenvalue weighted by molar-refractivity contribution is 6.25. The molecule has 22 heavy (non-hydrogen) atoms. The number of fused-ring (bicyclic) bond motifs is 6. The predicted octanol–water partition coefficient (Wildman–Crippen LogP) is 5.71. The standard InChI is InChI=1S/C20H22N2/c1-3-7-13-11-21-19-17(13)15-9-5-6-10-16(15)18-14(8-4-2)12-22-20(18)19/h5-6,9-12,21-22H,3-4,7-8H2,1-2H3. The average molecular weight is 290 g/mol. The Labute approximate surface area is 130 Å². The van der Waals surface area contributed by atoms with Crippen LogP contribution in [0.2, 0.25) is 0 Å². The molecule has 0 bridgehead atoms. The maximum atomic E-state index is 3.53. The van der Waals surface area contributed by atoms with E-state index < -0.39 is 0 Å². The monoisotopic (exact) mass is 290 g/mol. The Morgan fingerprint density at radius 2 is 1.18 bits per heavy atom. The van der Waals surface area contributed by atoms with Gasteiger partial charge in [0, 0.05) is 23.2 Å². The van der Waals surface area contributed by atoms with Crippen LogP contribution >= 0.6 is 0 Å². The number of H-pyrrole nitrogens is 2. The lowest BCUT2D eigenvalue weighted by Gasteiger charge is -2.07. The van der Waals surface area contributed by atoms with Gasteiger partial charge in [0.15, 0.2) is 0 Å². The van der Waals surface area contributed by atoms with Crippen LogP contribution in [0.25, 0.3) is 32.6 Å². The van der Waals surface area contributed by atoms with Crippen LogP contribution in [0.1, 0.15) is 37.8 Å². The van der Waals surface area contributed by atoms with Gasteiger partial charge in [0.2, 0.25) is 0 Å². The first kappa shape index (κ1) is 13.4. The van der Waals surface area contributed by atoms with Gasteiger partial charge in [-0.15, -0.1) is 0 Å². The van der Waals surface area contributed by atoms with Gasteiger partial charge in [0.25, 0.3) is 0 Å². The zero-order valence-electron chi connectivity index (χ0n) is 13.3. The summed E-state index contributed by atoms with van der Waals surface area (Å²) in [7, 11) is 0. The van der Waals surface area contributed by atoms with Crippen LogP contribution in [-0.4, -0.2) is 9.97 Å². The molecule has 0 amide bonds. The fourth-order valence-electron chi connectivity index (χ4n) is 3.79. The molecule has 2 heteroatoms. The van der Waals surface area contributed by atoms with E-state index in [1.165, 1.54) is 56.5 Å². The third-order valence-electron chi connectivity index (χ3n) is 4.68. The number of hydrogen-bond acceptors (Lipinski definition) is 0. The highest BCUT2D eigenvalue weighted by Gasteiger charge is 2.16. The van der Waals surface area contributed by atoms with Crippen molar-refractivity contribution in [1.82, 2.24) is 9.97 Å². The Morgan fingerprint density at radius 1 is 0.727 bits per heavy atom. The molecular formula is C20H22N2. The SMILES string of the molecule is CCCc1c[nH]c2c3[nH]cc(CCC)c3c3ccccc3c12. The molecule has 2 aromatic heterocycles. The minimum absolute atomic E-state index is 1.12. The molecule has 0 aliphatic heterocycles. The third-order valence-corrected chi connectivity index (χ3v) is 4.68. The molecule has 0 aliphatic rings. The van der Waals surface area contributed by atoms with E-state index in [0.717, 1.165) is 12.8 Å². The number of benzene rings is 2. The molecule has 4 aromatic rings. The first-order valence-corrected chi connectivity index (χ1v) is 8.35. The van der Waals surface area contributed by atoms with E-state index in [9.17, 15) is 0 Å². The Kier molecular flexibility index (Phi) is 3.18. The van der Waals surface area contributed by atoms with Crippen LogP contribution in [0.15, 0.2) is 36.7 Å². The molecular weight excluding hydrogens is 268 g/mol. The number of nitrogens with one attached hydrogen (secondary N) is 2. The number of aryl methyl sites for hydroxylation is 2. The van der Waals surface area contributed by atoms with Crippen molar-refractivity contribution >= 4 is 32.6 Å². The molecule has 0 radical (unpaired) electrons. The molecule has 2 heterocycles. The van der Waals surface area contributed by atoms with Gasteiger partial charge in [0.1, 0.15) is 0 Å². The van der Waals surface area contributed by atoms with Crippen molar-refractivity contribution in [3.8, 4) is 0 Å². The molecule has 0 saturated carbocycles. The highest BCUT2D eigenvalue weighted by atomic mass is 14.8. The molecule has 0 atom stereocenters. The molecule has 0 spiro atoms. The van der Waals surface area contributed by atoms with Crippen LogP contribution < -0.4 is 0 Å². The van der Waals surface area contributed by atoms with Gasteiger partial charge < -0.3 is 9.97 Å². The van der Waals surface area contributed by atoms with Crippen molar-refractivity contribution in [2.45, 2.75) is 39.5 Å². The molecule has 2 N–H and O–H groups in total. The Bertz CT molecular complexity index is 877. The molecule has 0 aliphatic carbocycles. The Balaban J connectivity index is 2.21. The Hall–Kier alpha value is -2.22. The van der Waals surface area contributed by atoms with Crippen LogP contribution in [-0.2, 0) is 12.8 Å². The van der Waals surface area contributed by atoms with Gasteiger partial charge >= 0.3 is 0 Å². The largest absolute Gasteiger partial charge is 0.359 e. The lowest BCUT2D eigenvalue weighted by molar-refractivity contribution is 0.929. The van der Waals surface area contributed by atoms with Crippen LogP contribution in [0.4, 0.5) is 0 Å². The van der Waals surface area contributed by atoms with E-state index >= 15 is 0 Å². The molecule has 2 nitrogen and oxygen atoms in total.